The number of carbonyl (C=O) groups excluding carboxylic acids is 3. The van der Waals surface area contributed by atoms with Gasteiger partial charge in [-0.25, -0.2) is 18.8 Å². The molecular weight excluding hydrogens is 375 g/mol. The van der Waals surface area contributed by atoms with Gasteiger partial charge < -0.3 is 14.8 Å². The van der Waals surface area contributed by atoms with Crippen molar-refractivity contribution in [2.24, 2.45) is 0 Å². The second-order valence-corrected chi connectivity index (χ2v) is 6.31. The number of thiophene rings is 1. The number of urea groups is 1. The van der Waals surface area contributed by atoms with E-state index >= 15 is 0 Å². The van der Waals surface area contributed by atoms with Gasteiger partial charge in [-0.15, -0.1) is 11.3 Å². The number of ether oxygens (including phenoxy) is 2. The number of hydrogen-bond donors (Lipinski definition) is 2. The number of benzene rings is 1. The molecule has 0 unspecified atom stereocenters. The normalized spacial score (nSPS) is 10.2. The molecule has 2 amide bonds. The van der Waals surface area contributed by atoms with Crippen LogP contribution in [0, 0.1) is 12.7 Å². The van der Waals surface area contributed by atoms with Crippen LogP contribution in [0.4, 0.5) is 19.9 Å². The van der Waals surface area contributed by atoms with Gasteiger partial charge in [0.15, 0.2) is 0 Å². The van der Waals surface area contributed by atoms with E-state index in [-0.39, 0.29) is 28.7 Å². The van der Waals surface area contributed by atoms with Gasteiger partial charge in [-0.2, -0.15) is 0 Å². The van der Waals surface area contributed by atoms with Crippen molar-refractivity contribution in [1.82, 2.24) is 0 Å². The van der Waals surface area contributed by atoms with Crippen molar-refractivity contribution in [2.45, 2.75) is 20.8 Å². The van der Waals surface area contributed by atoms with Gasteiger partial charge in [0.05, 0.1) is 18.8 Å². The lowest BCUT2D eigenvalue weighted by atomic mass is 10.1. The standard InChI is InChI=1S/C18H19FN2O5S/c1-4-25-16(22)13-10(3)14(17(23)26-5-2)27-15(13)21-18(24)20-12-8-6-11(19)7-9-12/h6-9H,4-5H2,1-3H3,(H2,20,21,24). The maximum atomic E-state index is 12.9. The number of anilines is 2. The lowest BCUT2D eigenvalue weighted by Crippen LogP contribution is -2.20. The lowest BCUT2D eigenvalue weighted by molar-refractivity contribution is 0.0527. The molecule has 27 heavy (non-hydrogen) atoms. The monoisotopic (exact) mass is 394 g/mol. The van der Waals surface area contributed by atoms with Crippen LogP contribution < -0.4 is 10.6 Å². The zero-order chi connectivity index (χ0) is 20.0. The molecule has 1 heterocycles. The molecular formula is C18H19FN2O5S. The molecule has 7 nitrogen and oxygen atoms in total. The van der Waals surface area contributed by atoms with Gasteiger partial charge >= 0.3 is 18.0 Å². The van der Waals surface area contributed by atoms with Crippen molar-refractivity contribution in [1.29, 1.82) is 0 Å². The molecule has 0 fully saturated rings. The van der Waals surface area contributed by atoms with Crippen molar-refractivity contribution in [3.63, 3.8) is 0 Å². The number of rotatable bonds is 6. The Morgan fingerprint density at radius 1 is 1.00 bits per heavy atom. The van der Waals surface area contributed by atoms with Gasteiger partial charge in [0.1, 0.15) is 15.7 Å². The molecule has 2 aromatic rings. The molecule has 0 aliphatic carbocycles. The quantitative estimate of drug-likeness (QED) is 0.717. The van der Waals surface area contributed by atoms with E-state index < -0.39 is 23.8 Å². The van der Waals surface area contributed by atoms with Crippen molar-refractivity contribution >= 4 is 40.0 Å². The molecule has 0 aliphatic heterocycles. The number of hydrogen-bond acceptors (Lipinski definition) is 6. The first-order valence-corrected chi connectivity index (χ1v) is 9.00. The second kappa shape index (κ2) is 9.13. The van der Waals surface area contributed by atoms with Gasteiger partial charge in [-0.05, 0) is 50.6 Å². The zero-order valence-electron chi connectivity index (χ0n) is 15.1. The Kier molecular flexibility index (Phi) is 6.89. The minimum Gasteiger partial charge on any atom is -0.462 e. The third-order valence-corrected chi connectivity index (χ3v) is 4.60. The fourth-order valence-corrected chi connectivity index (χ4v) is 3.32. The largest absolute Gasteiger partial charge is 0.462 e. The molecule has 1 aromatic carbocycles. The molecule has 0 radical (unpaired) electrons. The highest BCUT2D eigenvalue weighted by molar-refractivity contribution is 7.18. The highest BCUT2D eigenvalue weighted by Gasteiger charge is 2.27. The van der Waals surface area contributed by atoms with Gasteiger partial charge in [0.2, 0.25) is 0 Å². The Labute approximate surface area is 159 Å². The van der Waals surface area contributed by atoms with Crippen molar-refractivity contribution in [3.05, 3.63) is 46.1 Å². The first-order chi connectivity index (χ1) is 12.9. The van der Waals surface area contributed by atoms with E-state index in [1.807, 2.05) is 0 Å². The Balaban J connectivity index is 2.28. The summed E-state index contributed by atoms with van der Waals surface area (Å²) in [6, 6.07) is 4.54. The SMILES string of the molecule is CCOC(=O)c1sc(NC(=O)Nc2ccc(F)cc2)c(C(=O)OCC)c1C. The molecule has 0 atom stereocenters. The minimum atomic E-state index is -0.654. The number of esters is 2. The van der Waals surface area contributed by atoms with Crippen molar-refractivity contribution in [2.75, 3.05) is 23.8 Å². The smallest absolute Gasteiger partial charge is 0.348 e. The molecule has 1 aromatic heterocycles. The van der Waals surface area contributed by atoms with E-state index in [9.17, 15) is 18.8 Å². The number of amides is 2. The van der Waals surface area contributed by atoms with Crippen LogP contribution in [0.3, 0.4) is 0 Å². The summed E-state index contributed by atoms with van der Waals surface area (Å²) in [5, 5.41) is 5.22. The summed E-state index contributed by atoms with van der Waals surface area (Å²) in [7, 11) is 0. The minimum absolute atomic E-state index is 0.0964. The summed E-state index contributed by atoms with van der Waals surface area (Å²) in [6.45, 7) is 5.23. The highest BCUT2D eigenvalue weighted by atomic mass is 32.1. The number of halogens is 1. The Morgan fingerprint density at radius 2 is 1.59 bits per heavy atom. The topological polar surface area (TPSA) is 93.7 Å². The van der Waals surface area contributed by atoms with E-state index in [0.717, 1.165) is 11.3 Å². The van der Waals surface area contributed by atoms with Crippen LogP contribution in [-0.2, 0) is 9.47 Å². The summed E-state index contributed by atoms with van der Waals surface area (Å²) in [5.41, 5.74) is 0.832. The van der Waals surface area contributed by atoms with Crippen LogP contribution in [-0.4, -0.2) is 31.2 Å². The Morgan fingerprint density at radius 3 is 2.19 bits per heavy atom. The summed E-state index contributed by atoms with van der Waals surface area (Å²) < 4.78 is 23.0. The van der Waals surface area contributed by atoms with Gasteiger partial charge in [0, 0.05) is 5.69 Å². The van der Waals surface area contributed by atoms with Crippen LogP contribution in [0.1, 0.15) is 39.4 Å². The molecule has 0 bridgehead atoms. The lowest BCUT2D eigenvalue weighted by Gasteiger charge is -2.08. The predicted molar refractivity (Wildman–Crippen MR) is 100 cm³/mol. The molecule has 0 aliphatic rings. The summed E-state index contributed by atoms with van der Waals surface area (Å²) in [6.07, 6.45) is 0. The van der Waals surface area contributed by atoms with E-state index in [1.165, 1.54) is 24.3 Å². The highest BCUT2D eigenvalue weighted by Crippen LogP contribution is 2.34. The molecule has 2 N–H and O–H groups in total. The van der Waals surface area contributed by atoms with E-state index in [0.29, 0.717) is 11.3 Å². The summed E-state index contributed by atoms with van der Waals surface area (Å²) >= 11 is 0.922. The van der Waals surface area contributed by atoms with E-state index in [4.69, 9.17) is 9.47 Å². The van der Waals surface area contributed by atoms with Gasteiger partial charge in [0.25, 0.3) is 0 Å². The van der Waals surface area contributed by atoms with Gasteiger partial charge in [-0.1, -0.05) is 0 Å². The zero-order valence-corrected chi connectivity index (χ0v) is 15.9. The molecule has 0 saturated heterocycles. The Bertz CT molecular complexity index is 848. The first-order valence-electron chi connectivity index (χ1n) is 8.18. The average molecular weight is 394 g/mol. The van der Waals surface area contributed by atoms with Crippen molar-refractivity contribution < 1.29 is 28.2 Å². The molecule has 144 valence electrons. The van der Waals surface area contributed by atoms with Crippen LogP contribution in [0.2, 0.25) is 0 Å². The van der Waals surface area contributed by atoms with Crippen LogP contribution >= 0.6 is 11.3 Å². The molecule has 9 heteroatoms. The average Bonchev–Trinajstić information content (AvgIpc) is 2.93. The van der Waals surface area contributed by atoms with Crippen LogP contribution in [0.5, 0.6) is 0 Å². The third kappa shape index (κ3) is 5.04. The van der Waals surface area contributed by atoms with E-state index in [1.54, 1.807) is 20.8 Å². The maximum Gasteiger partial charge on any atom is 0.348 e. The molecule has 0 saturated carbocycles. The third-order valence-electron chi connectivity index (χ3n) is 3.42. The number of nitrogens with one attached hydrogen (secondary N) is 2. The van der Waals surface area contributed by atoms with E-state index in [2.05, 4.69) is 10.6 Å². The van der Waals surface area contributed by atoms with Crippen LogP contribution in [0.15, 0.2) is 24.3 Å². The molecule has 0 spiro atoms. The van der Waals surface area contributed by atoms with Crippen molar-refractivity contribution in [3.8, 4) is 0 Å². The Hall–Kier alpha value is -2.94. The van der Waals surface area contributed by atoms with Gasteiger partial charge in [-0.3, -0.25) is 5.32 Å². The van der Waals surface area contributed by atoms with Crippen LogP contribution in [0.25, 0.3) is 0 Å². The maximum absolute atomic E-state index is 12.9. The fourth-order valence-electron chi connectivity index (χ4n) is 2.24. The first kappa shape index (κ1) is 20.4. The number of carbonyl (C=O) groups is 3. The predicted octanol–water partition coefficient (Wildman–Crippen LogP) is 4.19. The second-order valence-electron chi connectivity index (χ2n) is 5.29. The summed E-state index contributed by atoms with van der Waals surface area (Å²) in [4.78, 5) is 36.8. The fraction of sp³-hybridized carbons (Fsp3) is 0.278. The summed E-state index contributed by atoms with van der Waals surface area (Å²) in [5.74, 6) is -1.67. The molecule has 2 rings (SSSR count).